The SMILES string of the molecule is C=C(C)C(=O)OC(C)(CC)N(C)C.CC(=O)O. The third-order valence-electron chi connectivity index (χ3n) is 2.26. The summed E-state index contributed by atoms with van der Waals surface area (Å²) in [6, 6.07) is 0. The Hall–Kier alpha value is -1.36. The summed E-state index contributed by atoms with van der Waals surface area (Å²) in [6.45, 7) is 10.1. The molecule has 0 aromatic heterocycles. The lowest BCUT2D eigenvalue weighted by Gasteiger charge is -2.34. The minimum Gasteiger partial charge on any atom is -0.481 e. The molecule has 5 nitrogen and oxygen atoms in total. The molecule has 0 aliphatic carbocycles. The van der Waals surface area contributed by atoms with Gasteiger partial charge in [0.25, 0.3) is 5.97 Å². The van der Waals surface area contributed by atoms with Gasteiger partial charge in [0.1, 0.15) is 0 Å². The van der Waals surface area contributed by atoms with E-state index in [0.29, 0.717) is 5.57 Å². The van der Waals surface area contributed by atoms with Gasteiger partial charge in [-0.25, -0.2) is 4.79 Å². The first-order valence-electron chi connectivity index (χ1n) is 5.32. The van der Waals surface area contributed by atoms with Crippen molar-refractivity contribution in [3.05, 3.63) is 12.2 Å². The Balaban J connectivity index is 0. The van der Waals surface area contributed by atoms with E-state index >= 15 is 0 Å². The lowest BCUT2D eigenvalue weighted by atomic mass is 10.1. The fraction of sp³-hybridized carbons (Fsp3) is 0.667. The van der Waals surface area contributed by atoms with Crippen molar-refractivity contribution in [2.45, 2.75) is 39.8 Å². The third kappa shape index (κ3) is 8.45. The lowest BCUT2D eigenvalue weighted by molar-refractivity contribution is -0.171. The maximum atomic E-state index is 11.3. The molecule has 0 radical (unpaired) electrons. The largest absolute Gasteiger partial charge is 0.481 e. The van der Waals surface area contributed by atoms with Crippen LogP contribution in [0.3, 0.4) is 0 Å². The molecule has 1 atom stereocenters. The second-order valence-electron chi connectivity index (χ2n) is 4.11. The van der Waals surface area contributed by atoms with Crippen LogP contribution in [0.2, 0.25) is 0 Å². The molecule has 0 saturated heterocycles. The summed E-state index contributed by atoms with van der Waals surface area (Å²) in [6.07, 6.45) is 0.749. The van der Waals surface area contributed by atoms with E-state index in [9.17, 15) is 4.79 Å². The number of hydrogen-bond acceptors (Lipinski definition) is 4. The van der Waals surface area contributed by atoms with Crippen molar-refractivity contribution in [3.8, 4) is 0 Å². The van der Waals surface area contributed by atoms with Crippen LogP contribution in [0.4, 0.5) is 0 Å². The minimum absolute atomic E-state index is 0.335. The number of esters is 1. The van der Waals surface area contributed by atoms with E-state index in [-0.39, 0.29) is 5.97 Å². The molecule has 0 aromatic rings. The molecular weight excluding hydrogens is 222 g/mol. The van der Waals surface area contributed by atoms with Gasteiger partial charge in [-0.1, -0.05) is 13.5 Å². The van der Waals surface area contributed by atoms with Crippen LogP contribution in [-0.2, 0) is 14.3 Å². The molecule has 0 spiro atoms. The van der Waals surface area contributed by atoms with Crippen molar-refractivity contribution in [2.24, 2.45) is 0 Å². The van der Waals surface area contributed by atoms with Crippen molar-refractivity contribution >= 4 is 11.9 Å². The fourth-order valence-electron chi connectivity index (χ4n) is 0.766. The highest BCUT2D eigenvalue weighted by molar-refractivity contribution is 5.87. The molecule has 0 amide bonds. The number of carboxylic acids is 1. The quantitative estimate of drug-likeness (QED) is 0.465. The summed E-state index contributed by atoms with van der Waals surface area (Å²) in [7, 11) is 3.77. The van der Waals surface area contributed by atoms with Crippen LogP contribution in [0.25, 0.3) is 0 Å². The molecule has 0 aliphatic heterocycles. The molecular formula is C12H23NO4. The van der Waals surface area contributed by atoms with E-state index in [4.69, 9.17) is 14.6 Å². The number of carbonyl (C=O) groups is 2. The molecule has 0 rings (SSSR count). The second-order valence-corrected chi connectivity index (χ2v) is 4.11. The maximum absolute atomic E-state index is 11.3. The highest BCUT2D eigenvalue weighted by Gasteiger charge is 2.29. The van der Waals surface area contributed by atoms with Crippen molar-refractivity contribution in [2.75, 3.05) is 14.1 Å². The molecule has 0 bridgehead atoms. The fourth-order valence-corrected chi connectivity index (χ4v) is 0.766. The average molecular weight is 245 g/mol. The van der Waals surface area contributed by atoms with E-state index in [2.05, 4.69) is 6.58 Å². The Morgan fingerprint density at radius 1 is 1.35 bits per heavy atom. The number of aliphatic carboxylic acids is 1. The van der Waals surface area contributed by atoms with E-state index in [0.717, 1.165) is 13.3 Å². The van der Waals surface area contributed by atoms with Crippen molar-refractivity contribution in [3.63, 3.8) is 0 Å². The molecule has 1 unspecified atom stereocenters. The van der Waals surface area contributed by atoms with Crippen LogP contribution < -0.4 is 0 Å². The van der Waals surface area contributed by atoms with Crippen LogP contribution in [0.5, 0.6) is 0 Å². The summed E-state index contributed by atoms with van der Waals surface area (Å²) in [5.41, 5.74) is -0.0997. The number of carboxylic acid groups (broad SMARTS) is 1. The predicted octanol–water partition coefficient (Wildman–Crippen LogP) is 1.88. The summed E-state index contributed by atoms with van der Waals surface area (Å²) in [5, 5.41) is 7.42. The first kappa shape index (κ1) is 18.0. The van der Waals surface area contributed by atoms with Gasteiger partial charge in [-0.15, -0.1) is 0 Å². The van der Waals surface area contributed by atoms with E-state index in [1.54, 1.807) is 6.92 Å². The van der Waals surface area contributed by atoms with E-state index in [1.807, 2.05) is 32.8 Å². The van der Waals surface area contributed by atoms with Gasteiger partial charge in [0.15, 0.2) is 5.72 Å². The summed E-state index contributed by atoms with van der Waals surface area (Å²) >= 11 is 0. The van der Waals surface area contributed by atoms with Gasteiger partial charge < -0.3 is 9.84 Å². The van der Waals surface area contributed by atoms with Gasteiger partial charge in [-0.3, -0.25) is 9.69 Å². The molecule has 0 aliphatic rings. The molecule has 0 aromatic carbocycles. The monoisotopic (exact) mass is 245 g/mol. The molecule has 0 fully saturated rings. The zero-order chi connectivity index (χ0) is 14.2. The molecule has 17 heavy (non-hydrogen) atoms. The predicted molar refractivity (Wildman–Crippen MR) is 66.6 cm³/mol. The van der Waals surface area contributed by atoms with Crippen molar-refractivity contribution in [1.82, 2.24) is 4.90 Å². The third-order valence-corrected chi connectivity index (χ3v) is 2.26. The summed E-state index contributed by atoms with van der Waals surface area (Å²) in [4.78, 5) is 22.2. The molecule has 5 heteroatoms. The zero-order valence-corrected chi connectivity index (χ0v) is 11.5. The Bertz CT molecular complexity index is 282. The summed E-state index contributed by atoms with van der Waals surface area (Å²) < 4.78 is 5.30. The molecule has 1 N–H and O–H groups in total. The zero-order valence-electron chi connectivity index (χ0n) is 11.5. The normalized spacial score (nSPS) is 13.1. The number of hydrogen-bond donors (Lipinski definition) is 1. The number of ether oxygens (including phenoxy) is 1. The van der Waals surface area contributed by atoms with Crippen LogP contribution in [0.1, 0.15) is 34.1 Å². The van der Waals surface area contributed by atoms with Gasteiger partial charge >= 0.3 is 5.97 Å². The van der Waals surface area contributed by atoms with Crippen molar-refractivity contribution in [1.29, 1.82) is 0 Å². The van der Waals surface area contributed by atoms with Crippen LogP contribution in [0.15, 0.2) is 12.2 Å². The first-order chi connectivity index (χ1) is 7.56. The summed E-state index contributed by atoms with van der Waals surface area (Å²) in [5.74, 6) is -1.17. The average Bonchev–Trinajstić information content (AvgIpc) is 2.16. The highest BCUT2D eigenvalue weighted by Crippen LogP contribution is 2.18. The number of rotatable bonds is 4. The smallest absolute Gasteiger partial charge is 0.334 e. The minimum atomic E-state index is -0.833. The van der Waals surface area contributed by atoms with Crippen molar-refractivity contribution < 1.29 is 19.4 Å². The molecule has 100 valence electrons. The van der Waals surface area contributed by atoms with Gasteiger partial charge in [0.2, 0.25) is 0 Å². The van der Waals surface area contributed by atoms with Gasteiger partial charge in [-0.05, 0) is 34.4 Å². The van der Waals surface area contributed by atoms with Crippen LogP contribution in [0, 0.1) is 0 Å². The van der Waals surface area contributed by atoms with Gasteiger partial charge in [0, 0.05) is 12.5 Å². The molecule has 0 saturated carbocycles. The Kier molecular flexibility index (Phi) is 8.31. The first-order valence-corrected chi connectivity index (χ1v) is 5.32. The van der Waals surface area contributed by atoms with Gasteiger partial charge in [0.05, 0.1) is 0 Å². The maximum Gasteiger partial charge on any atom is 0.334 e. The number of nitrogens with zero attached hydrogens (tertiary/aromatic N) is 1. The lowest BCUT2D eigenvalue weighted by Crippen LogP contribution is -2.44. The van der Waals surface area contributed by atoms with Gasteiger partial charge in [-0.2, -0.15) is 0 Å². The Morgan fingerprint density at radius 2 is 1.71 bits per heavy atom. The Labute approximate surface area is 103 Å². The Morgan fingerprint density at radius 3 is 1.88 bits per heavy atom. The topological polar surface area (TPSA) is 66.8 Å². The second kappa shape index (κ2) is 7.84. The number of carbonyl (C=O) groups excluding carboxylic acids is 1. The van der Waals surface area contributed by atoms with Crippen LogP contribution in [-0.4, -0.2) is 41.8 Å². The molecule has 0 heterocycles. The highest BCUT2D eigenvalue weighted by atomic mass is 16.6. The van der Waals surface area contributed by atoms with Crippen LogP contribution >= 0.6 is 0 Å². The van der Waals surface area contributed by atoms with E-state index in [1.165, 1.54) is 0 Å². The van der Waals surface area contributed by atoms with E-state index < -0.39 is 11.7 Å². The standard InChI is InChI=1S/C10H19NO2.C2H4O2/c1-7-10(4,11(5)6)13-9(12)8(2)3;1-2(3)4/h2,7H2,1,3-6H3;1H3,(H,3,4).